The lowest BCUT2D eigenvalue weighted by Crippen LogP contribution is -2.15. The molecule has 4 nitrogen and oxygen atoms in total. The van der Waals surface area contributed by atoms with E-state index in [2.05, 4.69) is 21.7 Å². The molecular formula is C16H19N3O. The van der Waals surface area contributed by atoms with E-state index in [4.69, 9.17) is 0 Å². The summed E-state index contributed by atoms with van der Waals surface area (Å²) >= 11 is 0. The number of carbonyl (C=O) groups is 1. The summed E-state index contributed by atoms with van der Waals surface area (Å²) in [6, 6.07) is 11.9. The summed E-state index contributed by atoms with van der Waals surface area (Å²) in [7, 11) is 0. The first-order chi connectivity index (χ1) is 9.65. The number of hydrogen-bond acceptors (Lipinski definition) is 3. The molecule has 0 aliphatic rings. The van der Waals surface area contributed by atoms with Crippen LogP contribution >= 0.6 is 0 Å². The smallest absolute Gasteiger partial charge is 0.221 e. The SMILES string of the molecule is CC(=O)Nc1ccccc1CNCc1ccc(C)nc1. The minimum atomic E-state index is -0.0554. The lowest BCUT2D eigenvalue weighted by Gasteiger charge is -2.11. The fourth-order valence-electron chi connectivity index (χ4n) is 1.93. The first-order valence-electron chi connectivity index (χ1n) is 6.63. The highest BCUT2D eigenvalue weighted by Crippen LogP contribution is 2.14. The average Bonchev–Trinajstić information content (AvgIpc) is 2.42. The van der Waals surface area contributed by atoms with Crippen LogP contribution in [0.25, 0.3) is 0 Å². The van der Waals surface area contributed by atoms with Crippen molar-refractivity contribution in [2.24, 2.45) is 0 Å². The van der Waals surface area contributed by atoms with Gasteiger partial charge in [-0.25, -0.2) is 0 Å². The standard InChI is InChI=1S/C16H19N3O/c1-12-7-8-14(10-18-12)9-17-11-15-5-3-4-6-16(15)19-13(2)20/h3-8,10,17H,9,11H2,1-2H3,(H,19,20). The highest BCUT2D eigenvalue weighted by molar-refractivity contribution is 5.89. The molecule has 1 heterocycles. The van der Waals surface area contributed by atoms with Crippen molar-refractivity contribution in [3.63, 3.8) is 0 Å². The minimum absolute atomic E-state index is 0.0554. The van der Waals surface area contributed by atoms with Crippen molar-refractivity contribution in [1.29, 1.82) is 0 Å². The van der Waals surface area contributed by atoms with Gasteiger partial charge in [0.25, 0.3) is 0 Å². The first kappa shape index (κ1) is 14.2. The van der Waals surface area contributed by atoms with Crippen LogP contribution < -0.4 is 10.6 Å². The van der Waals surface area contributed by atoms with Crippen LogP contribution in [0.5, 0.6) is 0 Å². The van der Waals surface area contributed by atoms with Crippen LogP contribution in [0.15, 0.2) is 42.6 Å². The molecule has 0 fully saturated rings. The average molecular weight is 269 g/mol. The van der Waals surface area contributed by atoms with Gasteiger partial charge in [-0.3, -0.25) is 9.78 Å². The Morgan fingerprint density at radius 1 is 1.15 bits per heavy atom. The van der Waals surface area contributed by atoms with Crippen LogP contribution in [0.1, 0.15) is 23.7 Å². The Hall–Kier alpha value is -2.20. The van der Waals surface area contributed by atoms with Crippen molar-refractivity contribution in [3.05, 3.63) is 59.4 Å². The van der Waals surface area contributed by atoms with Gasteiger partial charge in [-0.1, -0.05) is 24.3 Å². The van der Waals surface area contributed by atoms with Crippen LogP contribution in [0, 0.1) is 6.92 Å². The quantitative estimate of drug-likeness (QED) is 0.877. The molecular weight excluding hydrogens is 250 g/mol. The van der Waals surface area contributed by atoms with Crippen molar-refractivity contribution < 1.29 is 4.79 Å². The van der Waals surface area contributed by atoms with Gasteiger partial charge in [0.15, 0.2) is 0 Å². The van der Waals surface area contributed by atoms with E-state index in [1.165, 1.54) is 6.92 Å². The second-order valence-electron chi connectivity index (χ2n) is 4.75. The van der Waals surface area contributed by atoms with Gasteiger partial charge in [-0.15, -0.1) is 0 Å². The maximum atomic E-state index is 11.2. The Morgan fingerprint density at radius 3 is 2.65 bits per heavy atom. The number of nitrogens with one attached hydrogen (secondary N) is 2. The number of anilines is 1. The zero-order valence-corrected chi connectivity index (χ0v) is 11.8. The Morgan fingerprint density at radius 2 is 1.95 bits per heavy atom. The van der Waals surface area contributed by atoms with E-state index in [1.54, 1.807) is 0 Å². The summed E-state index contributed by atoms with van der Waals surface area (Å²) in [6.07, 6.45) is 1.88. The van der Waals surface area contributed by atoms with Crippen LogP contribution in [0.3, 0.4) is 0 Å². The topological polar surface area (TPSA) is 54.0 Å². The molecule has 104 valence electrons. The van der Waals surface area contributed by atoms with Crippen LogP contribution in [0.2, 0.25) is 0 Å². The summed E-state index contributed by atoms with van der Waals surface area (Å²) in [5.74, 6) is -0.0554. The molecule has 20 heavy (non-hydrogen) atoms. The minimum Gasteiger partial charge on any atom is -0.326 e. The van der Waals surface area contributed by atoms with Gasteiger partial charge >= 0.3 is 0 Å². The van der Waals surface area contributed by atoms with Crippen molar-refractivity contribution >= 4 is 11.6 Å². The van der Waals surface area contributed by atoms with Crippen LogP contribution in [0.4, 0.5) is 5.69 Å². The lowest BCUT2D eigenvalue weighted by atomic mass is 10.1. The number of carbonyl (C=O) groups excluding carboxylic acids is 1. The van der Waals surface area contributed by atoms with Gasteiger partial charge in [0.1, 0.15) is 0 Å². The molecule has 0 unspecified atom stereocenters. The number of hydrogen-bond donors (Lipinski definition) is 2. The van der Waals surface area contributed by atoms with E-state index in [9.17, 15) is 4.79 Å². The van der Waals surface area contributed by atoms with E-state index in [-0.39, 0.29) is 5.91 Å². The number of aromatic nitrogens is 1. The molecule has 1 amide bonds. The highest BCUT2D eigenvalue weighted by atomic mass is 16.1. The van der Waals surface area contributed by atoms with Gasteiger partial charge in [0.2, 0.25) is 5.91 Å². The summed E-state index contributed by atoms with van der Waals surface area (Å²) in [5.41, 5.74) is 4.09. The molecule has 4 heteroatoms. The summed E-state index contributed by atoms with van der Waals surface area (Å²) < 4.78 is 0. The fraction of sp³-hybridized carbons (Fsp3) is 0.250. The molecule has 0 aliphatic carbocycles. The number of pyridine rings is 1. The van der Waals surface area contributed by atoms with Gasteiger partial charge in [-0.05, 0) is 30.2 Å². The van der Waals surface area contributed by atoms with Crippen LogP contribution in [-0.4, -0.2) is 10.9 Å². The third kappa shape index (κ3) is 4.17. The predicted molar refractivity (Wildman–Crippen MR) is 80.3 cm³/mol. The maximum absolute atomic E-state index is 11.2. The van der Waals surface area contributed by atoms with Gasteiger partial charge in [0.05, 0.1) is 0 Å². The zero-order valence-electron chi connectivity index (χ0n) is 11.8. The van der Waals surface area contributed by atoms with Crippen molar-refractivity contribution in [3.8, 4) is 0 Å². The molecule has 0 radical (unpaired) electrons. The Kier molecular flexibility index (Phi) is 4.85. The Bertz CT molecular complexity index is 579. The zero-order chi connectivity index (χ0) is 14.4. The first-order valence-corrected chi connectivity index (χ1v) is 6.63. The largest absolute Gasteiger partial charge is 0.326 e. The molecule has 0 saturated carbocycles. The van der Waals surface area contributed by atoms with Gasteiger partial charge < -0.3 is 10.6 Å². The van der Waals surface area contributed by atoms with Gasteiger partial charge in [0, 0.05) is 37.6 Å². The number of benzene rings is 1. The second kappa shape index (κ2) is 6.82. The molecule has 0 saturated heterocycles. The summed E-state index contributed by atoms with van der Waals surface area (Å²) in [4.78, 5) is 15.4. The molecule has 1 aromatic heterocycles. The van der Waals surface area contributed by atoms with Crippen molar-refractivity contribution in [2.75, 3.05) is 5.32 Å². The summed E-state index contributed by atoms with van der Waals surface area (Å²) in [5, 5.41) is 6.20. The fourth-order valence-corrected chi connectivity index (χ4v) is 1.93. The Labute approximate surface area is 119 Å². The van der Waals surface area contributed by atoms with Crippen molar-refractivity contribution in [1.82, 2.24) is 10.3 Å². The molecule has 2 rings (SSSR count). The molecule has 2 aromatic rings. The maximum Gasteiger partial charge on any atom is 0.221 e. The van der Waals surface area contributed by atoms with E-state index in [1.807, 2.05) is 43.5 Å². The van der Waals surface area contributed by atoms with E-state index < -0.39 is 0 Å². The highest BCUT2D eigenvalue weighted by Gasteiger charge is 2.02. The molecule has 0 bridgehead atoms. The molecule has 0 spiro atoms. The normalized spacial score (nSPS) is 10.3. The van der Waals surface area contributed by atoms with Crippen molar-refractivity contribution in [2.45, 2.75) is 26.9 Å². The summed E-state index contributed by atoms with van der Waals surface area (Å²) in [6.45, 7) is 4.94. The second-order valence-corrected chi connectivity index (χ2v) is 4.75. The van der Waals surface area contributed by atoms with E-state index >= 15 is 0 Å². The Balaban J connectivity index is 1.93. The molecule has 0 aliphatic heterocycles. The number of rotatable bonds is 5. The van der Waals surface area contributed by atoms with Gasteiger partial charge in [-0.2, -0.15) is 0 Å². The van der Waals surface area contributed by atoms with Crippen LogP contribution in [-0.2, 0) is 17.9 Å². The third-order valence-electron chi connectivity index (χ3n) is 2.95. The molecule has 2 N–H and O–H groups in total. The predicted octanol–water partition coefficient (Wildman–Crippen LogP) is 2.64. The number of nitrogens with zero attached hydrogens (tertiary/aromatic N) is 1. The number of aryl methyl sites for hydroxylation is 1. The number of para-hydroxylation sites is 1. The monoisotopic (exact) mass is 269 g/mol. The molecule has 0 atom stereocenters. The van der Waals surface area contributed by atoms with E-state index in [0.29, 0.717) is 6.54 Å². The van der Waals surface area contributed by atoms with E-state index in [0.717, 1.165) is 29.1 Å². The lowest BCUT2D eigenvalue weighted by molar-refractivity contribution is -0.114. The number of amides is 1. The molecule has 1 aromatic carbocycles. The third-order valence-corrected chi connectivity index (χ3v) is 2.95.